The molecular formula is C9H8N4. The second-order valence-electron chi connectivity index (χ2n) is 2.89. The van der Waals surface area contributed by atoms with Crippen LogP contribution in [0.25, 0.3) is 11.0 Å². The van der Waals surface area contributed by atoms with Gasteiger partial charge in [0, 0.05) is 0 Å². The van der Waals surface area contributed by atoms with E-state index in [1.54, 1.807) is 6.07 Å². The van der Waals surface area contributed by atoms with Crippen molar-refractivity contribution < 1.29 is 0 Å². The fourth-order valence-electron chi connectivity index (χ4n) is 1.41. The molecule has 1 aromatic carbocycles. The number of hydrogen-bond donors (Lipinski definition) is 1. The molecule has 1 heterocycles. The van der Waals surface area contributed by atoms with Gasteiger partial charge < -0.3 is 5.84 Å². The highest BCUT2D eigenvalue weighted by molar-refractivity contribution is 5.84. The highest BCUT2D eigenvalue weighted by Gasteiger charge is 2.07. The first kappa shape index (κ1) is 7.62. The summed E-state index contributed by atoms with van der Waals surface area (Å²) in [4.78, 5) is 4.07. The van der Waals surface area contributed by atoms with E-state index in [2.05, 4.69) is 11.1 Å². The molecule has 64 valence electrons. The van der Waals surface area contributed by atoms with Crippen molar-refractivity contribution in [3.8, 4) is 6.07 Å². The molecule has 0 unspecified atom stereocenters. The van der Waals surface area contributed by atoms with Gasteiger partial charge in [-0.1, -0.05) is 6.07 Å². The molecule has 0 aliphatic carbocycles. The Morgan fingerprint density at radius 2 is 2.31 bits per heavy atom. The highest BCUT2D eigenvalue weighted by Crippen LogP contribution is 2.18. The van der Waals surface area contributed by atoms with Crippen molar-refractivity contribution in [1.82, 2.24) is 9.66 Å². The summed E-state index contributed by atoms with van der Waals surface area (Å²) in [6, 6.07) is 5.70. The van der Waals surface area contributed by atoms with E-state index < -0.39 is 0 Å². The molecule has 4 heteroatoms. The van der Waals surface area contributed by atoms with Gasteiger partial charge in [0.05, 0.1) is 11.1 Å². The Hall–Kier alpha value is -2.02. The fourth-order valence-corrected chi connectivity index (χ4v) is 1.41. The van der Waals surface area contributed by atoms with Crippen molar-refractivity contribution in [2.24, 2.45) is 0 Å². The van der Waals surface area contributed by atoms with Crippen LogP contribution in [0.15, 0.2) is 18.5 Å². The first-order valence-corrected chi connectivity index (χ1v) is 3.86. The van der Waals surface area contributed by atoms with Crippen molar-refractivity contribution in [3.05, 3.63) is 29.6 Å². The predicted octanol–water partition coefficient (Wildman–Crippen LogP) is 0.930. The molecule has 0 spiro atoms. The maximum atomic E-state index is 8.80. The average molecular weight is 172 g/mol. The molecule has 0 aliphatic rings. The van der Waals surface area contributed by atoms with E-state index in [-0.39, 0.29) is 0 Å². The van der Waals surface area contributed by atoms with Crippen LogP contribution in [0.3, 0.4) is 0 Å². The zero-order valence-corrected chi connectivity index (χ0v) is 7.15. The second kappa shape index (κ2) is 2.49. The lowest BCUT2D eigenvalue weighted by Gasteiger charge is -1.99. The number of imidazole rings is 1. The topological polar surface area (TPSA) is 67.6 Å². The Bertz CT molecular complexity index is 504. The van der Waals surface area contributed by atoms with Crippen molar-refractivity contribution in [2.45, 2.75) is 6.92 Å². The number of benzene rings is 1. The van der Waals surface area contributed by atoms with Crippen LogP contribution in [0.4, 0.5) is 0 Å². The summed E-state index contributed by atoms with van der Waals surface area (Å²) in [5.41, 5.74) is 3.07. The summed E-state index contributed by atoms with van der Waals surface area (Å²) in [6.07, 6.45) is 1.51. The molecule has 0 radical (unpaired) electrons. The smallest absolute Gasteiger partial charge is 0.115 e. The van der Waals surface area contributed by atoms with Gasteiger partial charge >= 0.3 is 0 Å². The third-order valence-corrected chi connectivity index (χ3v) is 2.04. The summed E-state index contributed by atoms with van der Waals surface area (Å²) in [7, 11) is 0. The first-order valence-electron chi connectivity index (χ1n) is 3.86. The molecule has 2 N–H and O–H groups in total. The number of fused-ring (bicyclic) bond motifs is 1. The van der Waals surface area contributed by atoms with Crippen LogP contribution in [0.2, 0.25) is 0 Å². The van der Waals surface area contributed by atoms with Crippen LogP contribution in [-0.2, 0) is 0 Å². The lowest BCUT2D eigenvalue weighted by atomic mass is 10.1. The fraction of sp³-hybridized carbons (Fsp3) is 0.111. The second-order valence-corrected chi connectivity index (χ2v) is 2.89. The summed E-state index contributed by atoms with van der Waals surface area (Å²) < 4.78 is 1.44. The number of rotatable bonds is 0. The van der Waals surface area contributed by atoms with Gasteiger partial charge in [0.1, 0.15) is 17.9 Å². The lowest BCUT2D eigenvalue weighted by molar-refractivity contribution is 1.03. The van der Waals surface area contributed by atoms with Gasteiger partial charge in [0.15, 0.2) is 0 Å². The third kappa shape index (κ3) is 0.942. The normalized spacial score (nSPS) is 10.2. The summed E-state index contributed by atoms with van der Waals surface area (Å²) in [6.45, 7) is 1.94. The monoisotopic (exact) mass is 172 g/mol. The first-order chi connectivity index (χ1) is 6.24. The van der Waals surface area contributed by atoms with Gasteiger partial charge in [-0.05, 0) is 18.6 Å². The zero-order valence-electron chi connectivity index (χ0n) is 7.15. The average Bonchev–Trinajstić information content (AvgIpc) is 2.50. The van der Waals surface area contributed by atoms with Crippen LogP contribution in [0, 0.1) is 18.3 Å². The predicted molar refractivity (Wildman–Crippen MR) is 49.3 cm³/mol. The molecule has 0 atom stereocenters. The van der Waals surface area contributed by atoms with Gasteiger partial charge in [-0.2, -0.15) is 5.26 Å². The molecule has 0 bridgehead atoms. The van der Waals surface area contributed by atoms with E-state index in [1.807, 2.05) is 13.0 Å². The van der Waals surface area contributed by atoms with E-state index in [4.69, 9.17) is 11.1 Å². The van der Waals surface area contributed by atoms with E-state index >= 15 is 0 Å². The zero-order chi connectivity index (χ0) is 9.42. The van der Waals surface area contributed by atoms with Crippen molar-refractivity contribution in [2.75, 3.05) is 5.84 Å². The Morgan fingerprint density at radius 1 is 1.54 bits per heavy atom. The minimum Gasteiger partial charge on any atom is -0.338 e. The van der Waals surface area contributed by atoms with Crippen LogP contribution in [-0.4, -0.2) is 9.66 Å². The molecule has 0 saturated heterocycles. The van der Waals surface area contributed by atoms with Crippen LogP contribution in [0.5, 0.6) is 0 Å². The lowest BCUT2D eigenvalue weighted by Crippen LogP contribution is -2.06. The number of aryl methyl sites for hydroxylation is 1. The van der Waals surface area contributed by atoms with Crippen molar-refractivity contribution in [1.29, 1.82) is 5.26 Å². The molecular weight excluding hydrogens is 164 g/mol. The Labute approximate surface area is 75.2 Å². The van der Waals surface area contributed by atoms with Crippen molar-refractivity contribution in [3.63, 3.8) is 0 Å². The third-order valence-electron chi connectivity index (χ3n) is 2.04. The molecule has 0 aliphatic heterocycles. The number of nitriles is 1. The Morgan fingerprint density at radius 3 is 3.00 bits per heavy atom. The summed E-state index contributed by atoms with van der Waals surface area (Å²) in [5, 5.41) is 8.80. The summed E-state index contributed by atoms with van der Waals surface area (Å²) >= 11 is 0. The maximum Gasteiger partial charge on any atom is 0.115 e. The number of nitrogens with two attached hydrogens (primary N) is 1. The van der Waals surface area contributed by atoms with Crippen LogP contribution >= 0.6 is 0 Å². The minimum absolute atomic E-state index is 0.560. The molecule has 1 aromatic heterocycles. The number of nitrogens with zero attached hydrogens (tertiary/aromatic N) is 3. The largest absolute Gasteiger partial charge is 0.338 e. The van der Waals surface area contributed by atoms with Gasteiger partial charge in [0.2, 0.25) is 0 Å². The summed E-state index contributed by atoms with van der Waals surface area (Å²) in [5.74, 6) is 5.65. The highest BCUT2D eigenvalue weighted by atomic mass is 15.3. The Kier molecular flexibility index (Phi) is 1.46. The molecule has 2 aromatic rings. The van der Waals surface area contributed by atoms with E-state index in [1.165, 1.54) is 11.0 Å². The molecule has 13 heavy (non-hydrogen) atoms. The van der Waals surface area contributed by atoms with Gasteiger partial charge in [0.25, 0.3) is 0 Å². The van der Waals surface area contributed by atoms with Crippen LogP contribution in [0.1, 0.15) is 11.1 Å². The van der Waals surface area contributed by atoms with Gasteiger partial charge in [-0.15, -0.1) is 0 Å². The molecule has 0 saturated carbocycles. The molecule has 4 nitrogen and oxygen atoms in total. The standard InChI is InChI=1S/C9H8N4/c1-6-2-3-7(4-10)8-9(6)13(11)5-12-8/h2-3,5H,11H2,1H3. The van der Waals surface area contributed by atoms with Crippen molar-refractivity contribution >= 4 is 11.0 Å². The molecule has 0 amide bonds. The van der Waals surface area contributed by atoms with Crippen LogP contribution < -0.4 is 5.84 Å². The van der Waals surface area contributed by atoms with E-state index in [9.17, 15) is 0 Å². The number of nitrogen functional groups attached to an aromatic ring is 1. The quantitative estimate of drug-likeness (QED) is 0.601. The number of hydrogen-bond acceptors (Lipinski definition) is 3. The molecule has 0 fully saturated rings. The SMILES string of the molecule is Cc1ccc(C#N)c2ncn(N)c12. The van der Waals surface area contributed by atoms with Gasteiger partial charge in [-0.25, -0.2) is 9.66 Å². The maximum absolute atomic E-state index is 8.80. The van der Waals surface area contributed by atoms with E-state index in [0.29, 0.717) is 11.1 Å². The Balaban J connectivity index is 2.97. The van der Waals surface area contributed by atoms with E-state index in [0.717, 1.165) is 11.1 Å². The molecule has 2 rings (SSSR count). The van der Waals surface area contributed by atoms with Gasteiger partial charge in [-0.3, -0.25) is 0 Å². The number of aromatic nitrogens is 2. The minimum atomic E-state index is 0.560.